The van der Waals surface area contributed by atoms with E-state index < -0.39 is 5.60 Å². The Labute approximate surface area is 160 Å². The van der Waals surface area contributed by atoms with Crippen LogP contribution in [0.5, 0.6) is 0 Å². The smallest absolute Gasteiger partial charge is 0.265 e. The van der Waals surface area contributed by atoms with Crippen LogP contribution in [0, 0.1) is 31.8 Å². The molecule has 1 aromatic heterocycles. The predicted octanol–water partition coefficient (Wildman–Crippen LogP) is 5.59. The van der Waals surface area contributed by atoms with Gasteiger partial charge in [0.05, 0.1) is 12.6 Å². The Balaban J connectivity index is 1.99. The SMILES string of the molecule is [C-]#[N+]/C(C#N)=C1C=C(/C=C/c2ccc3c(c2)c(C)c(C)n3C)OC(C)(C)C\1. The number of hydrogen-bond acceptors (Lipinski definition) is 2. The van der Waals surface area contributed by atoms with Crippen LogP contribution in [0.2, 0.25) is 0 Å². The molecule has 0 bridgehead atoms. The number of allylic oxidation sites excluding steroid dienone is 3. The molecule has 4 heteroatoms. The zero-order valence-electron chi connectivity index (χ0n) is 16.4. The molecule has 27 heavy (non-hydrogen) atoms. The molecular weight excluding hydrogens is 334 g/mol. The highest BCUT2D eigenvalue weighted by molar-refractivity contribution is 5.87. The summed E-state index contributed by atoms with van der Waals surface area (Å²) in [6, 6.07) is 8.38. The van der Waals surface area contributed by atoms with Gasteiger partial charge in [-0.15, -0.1) is 0 Å². The minimum absolute atomic E-state index is 0.133. The molecule has 2 heterocycles. The Hall–Kier alpha value is -3.24. The second-order valence-electron chi connectivity index (χ2n) is 7.56. The zero-order valence-corrected chi connectivity index (χ0v) is 16.4. The van der Waals surface area contributed by atoms with Gasteiger partial charge in [0.1, 0.15) is 11.4 Å². The number of nitriles is 1. The number of fused-ring (bicyclic) bond motifs is 1. The van der Waals surface area contributed by atoms with Gasteiger partial charge in [-0.1, -0.05) is 12.1 Å². The molecule has 1 aliphatic heterocycles. The molecule has 4 nitrogen and oxygen atoms in total. The first-order valence-corrected chi connectivity index (χ1v) is 8.91. The normalized spacial score (nSPS) is 18.0. The van der Waals surface area contributed by atoms with E-state index in [0.29, 0.717) is 12.2 Å². The van der Waals surface area contributed by atoms with Crippen LogP contribution in [0.1, 0.15) is 37.1 Å². The van der Waals surface area contributed by atoms with Crippen LogP contribution in [0.4, 0.5) is 0 Å². The molecule has 0 radical (unpaired) electrons. The van der Waals surface area contributed by atoms with E-state index in [1.165, 1.54) is 22.2 Å². The van der Waals surface area contributed by atoms with Crippen LogP contribution in [0.25, 0.3) is 21.8 Å². The Morgan fingerprint density at radius 1 is 1.33 bits per heavy atom. The molecule has 1 aromatic carbocycles. The predicted molar refractivity (Wildman–Crippen MR) is 109 cm³/mol. The van der Waals surface area contributed by atoms with Crippen molar-refractivity contribution in [3.8, 4) is 6.07 Å². The van der Waals surface area contributed by atoms with Crippen molar-refractivity contribution in [3.63, 3.8) is 0 Å². The quantitative estimate of drug-likeness (QED) is 0.519. The van der Waals surface area contributed by atoms with Gasteiger partial charge in [-0.05, 0) is 68.7 Å². The monoisotopic (exact) mass is 357 g/mol. The fraction of sp³-hybridized carbons (Fsp3) is 0.304. The van der Waals surface area contributed by atoms with Gasteiger partial charge in [0.15, 0.2) is 0 Å². The van der Waals surface area contributed by atoms with E-state index in [0.717, 1.165) is 11.1 Å². The third-order valence-corrected chi connectivity index (χ3v) is 5.12. The average Bonchev–Trinajstić information content (AvgIpc) is 2.84. The number of aromatic nitrogens is 1. The van der Waals surface area contributed by atoms with Gasteiger partial charge in [-0.25, -0.2) is 10.1 Å². The Morgan fingerprint density at radius 3 is 2.74 bits per heavy atom. The summed E-state index contributed by atoms with van der Waals surface area (Å²) in [5.41, 5.74) is 5.27. The molecule has 1 aliphatic rings. The first kappa shape index (κ1) is 18.5. The van der Waals surface area contributed by atoms with E-state index in [9.17, 15) is 5.26 Å². The third kappa shape index (κ3) is 3.52. The van der Waals surface area contributed by atoms with Gasteiger partial charge >= 0.3 is 0 Å². The number of rotatable bonds is 2. The molecule has 0 spiro atoms. The summed E-state index contributed by atoms with van der Waals surface area (Å²) in [6.45, 7) is 15.4. The van der Waals surface area contributed by atoms with Gasteiger partial charge in [-0.3, -0.25) is 0 Å². The van der Waals surface area contributed by atoms with Gasteiger partial charge in [0.25, 0.3) is 5.70 Å². The summed E-state index contributed by atoms with van der Waals surface area (Å²) >= 11 is 0. The summed E-state index contributed by atoms with van der Waals surface area (Å²) in [5, 5.41) is 10.4. The molecule has 0 atom stereocenters. The molecule has 0 saturated carbocycles. The Bertz CT molecular complexity index is 1080. The van der Waals surface area contributed by atoms with Crippen LogP contribution in [0.3, 0.4) is 0 Å². The molecule has 0 amide bonds. The lowest BCUT2D eigenvalue weighted by molar-refractivity contribution is 0.0356. The van der Waals surface area contributed by atoms with Crippen molar-refractivity contribution in [2.45, 2.75) is 39.7 Å². The number of hydrogen-bond donors (Lipinski definition) is 0. The fourth-order valence-corrected chi connectivity index (χ4v) is 3.52. The van der Waals surface area contributed by atoms with E-state index in [1.54, 1.807) is 6.08 Å². The molecule has 136 valence electrons. The maximum Gasteiger partial charge on any atom is 0.265 e. The third-order valence-electron chi connectivity index (χ3n) is 5.12. The molecule has 0 saturated heterocycles. The van der Waals surface area contributed by atoms with Crippen LogP contribution in [-0.4, -0.2) is 10.2 Å². The lowest BCUT2D eigenvalue weighted by atomic mass is 9.93. The molecule has 0 unspecified atom stereocenters. The van der Waals surface area contributed by atoms with Crippen LogP contribution in [0.15, 0.2) is 47.4 Å². The van der Waals surface area contributed by atoms with Crippen molar-refractivity contribution < 1.29 is 4.74 Å². The van der Waals surface area contributed by atoms with Gasteiger partial charge in [0, 0.05) is 30.1 Å². The fourth-order valence-electron chi connectivity index (χ4n) is 3.52. The van der Waals surface area contributed by atoms with Crippen LogP contribution in [-0.2, 0) is 11.8 Å². The summed E-state index contributed by atoms with van der Waals surface area (Å²) in [5.74, 6) is 0.665. The summed E-state index contributed by atoms with van der Waals surface area (Å²) in [6.07, 6.45) is 6.26. The maximum absolute atomic E-state index is 9.18. The van der Waals surface area contributed by atoms with Crippen molar-refractivity contribution in [1.82, 2.24) is 4.57 Å². The molecular formula is C23H23N3O. The van der Waals surface area contributed by atoms with Crippen molar-refractivity contribution in [2.24, 2.45) is 7.05 Å². The van der Waals surface area contributed by atoms with Crippen LogP contribution < -0.4 is 0 Å². The van der Waals surface area contributed by atoms with Crippen molar-refractivity contribution in [1.29, 1.82) is 5.26 Å². The highest BCUT2D eigenvalue weighted by Gasteiger charge is 2.27. The van der Waals surface area contributed by atoms with Gasteiger partial charge < -0.3 is 9.30 Å². The highest BCUT2D eigenvalue weighted by Crippen LogP contribution is 2.33. The molecule has 0 fully saturated rings. The van der Waals surface area contributed by atoms with Gasteiger partial charge in [-0.2, -0.15) is 0 Å². The summed E-state index contributed by atoms with van der Waals surface area (Å²) < 4.78 is 8.23. The number of ether oxygens (including phenoxy) is 1. The largest absolute Gasteiger partial charge is 0.488 e. The van der Waals surface area contributed by atoms with Crippen LogP contribution >= 0.6 is 0 Å². The molecule has 0 aliphatic carbocycles. The maximum atomic E-state index is 9.18. The minimum Gasteiger partial charge on any atom is -0.488 e. The number of nitrogens with zero attached hydrogens (tertiary/aromatic N) is 3. The summed E-state index contributed by atoms with van der Waals surface area (Å²) in [7, 11) is 2.08. The zero-order chi connectivity index (χ0) is 19.8. The molecule has 2 aromatic rings. The van der Waals surface area contributed by atoms with Crippen molar-refractivity contribution in [3.05, 3.63) is 75.6 Å². The minimum atomic E-state index is -0.451. The molecule has 3 rings (SSSR count). The van der Waals surface area contributed by atoms with E-state index in [2.05, 4.69) is 48.5 Å². The first-order chi connectivity index (χ1) is 12.8. The average molecular weight is 357 g/mol. The van der Waals surface area contributed by atoms with Gasteiger partial charge in [0.2, 0.25) is 0 Å². The number of aryl methyl sites for hydroxylation is 2. The van der Waals surface area contributed by atoms with E-state index >= 15 is 0 Å². The van der Waals surface area contributed by atoms with E-state index in [-0.39, 0.29) is 5.70 Å². The Kier molecular flexibility index (Phi) is 4.68. The second kappa shape index (κ2) is 6.82. The van der Waals surface area contributed by atoms with Crippen molar-refractivity contribution >= 4 is 17.0 Å². The van der Waals surface area contributed by atoms with Crippen molar-refractivity contribution in [2.75, 3.05) is 0 Å². The Morgan fingerprint density at radius 2 is 2.07 bits per heavy atom. The summed E-state index contributed by atoms with van der Waals surface area (Å²) in [4.78, 5) is 3.34. The first-order valence-electron chi connectivity index (χ1n) is 8.91. The second-order valence-corrected chi connectivity index (χ2v) is 7.56. The molecule has 0 N–H and O–H groups in total. The standard InChI is InChI=1S/C23H23N3O/c1-15-16(2)26(6)22-10-8-17(11-20(15)22)7-9-19-12-18(21(14-24)25-5)13-23(3,4)27-19/h7-12H,13H2,1-4,6H3/b9-7+,21-18+. The highest BCUT2D eigenvalue weighted by atomic mass is 16.5. The van der Waals surface area contributed by atoms with E-state index in [1.807, 2.05) is 32.1 Å². The number of benzene rings is 1. The lowest BCUT2D eigenvalue weighted by Gasteiger charge is -2.32. The lowest BCUT2D eigenvalue weighted by Crippen LogP contribution is -2.27. The topological polar surface area (TPSA) is 42.3 Å². The van der Waals surface area contributed by atoms with E-state index in [4.69, 9.17) is 11.3 Å².